The Labute approximate surface area is 100 Å². The van der Waals surface area contributed by atoms with E-state index in [-0.39, 0.29) is 0 Å². The number of hydrogen-bond acceptors (Lipinski definition) is 1. The van der Waals surface area contributed by atoms with Crippen LogP contribution >= 0.6 is 22.6 Å². The van der Waals surface area contributed by atoms with Crippen molar-refractivity contribution >= 4 is 22.6 Å². The molecule has 1 nitrogen and oxygen atoms in total. The summed E-state index contributed by atoms with van der Waals surface area (Å²) >= 11 is 2.43. The Morgan fingerprint density at radius 1 is 1.21 bits per heavy atom. The van der Waals surface area contributed by atoms with Crippen molar-refractivity contribution in [2.45, 2.75) is 46.5 Å². The van der Waals surface area contributed by atoms with Gasteiger partial charge in [0.1, 0.15) is 0 Å². The highest BCUT2D eigenvalue weighted by Gasteiger charge is 2.08. The third-order valence-corrected chi connectivity index (χ3v) is 3.59. The molecule has 0 aliphatic rings. The summed E-state index contributed by atoms with van der Waals surface area (Å²) in [6, 6.07) is 0. The molecular formula is C12H17IN. The minimum Gasteiger partial charge on any atom is -0.250 e. The van der Waals surface area contributed by atoms with Crippen molar-refractivity contribution in [1.29, 1.82) is 0 Å². The van der Waals surface area contributed by atoms with Gasteiger partial charge in [0.2, 0.25) is 0 Å². The maximum absolute atomic E-state index is 4.38. The number of hydrogen-bond donors (Lipinski definition) is 0. The topological polar surface area (TPSA) is 12.9 Å². The van der Waals surface area contributed by atoms with Gasteiger partial charge in [0, 0.05) is 3.57 Å². The van der Waals surface area contributed by atoms with Gasteiger partial charge in [-0.25, -0.2) is 4.98 Å². The van der Waals surface area contributed by atoms with Crippen LogP contribution in [0.3, 0.4) is 0 Å². The lowest BCUT2D eigenvalue weighted by Gasteiger charge is -2.10. The lowest BCUT2D eigenvalue weighted by Crippen LogP contribution is -2.02. The van der Waals surface area contributed by atoms with Gasteiger partial charge in [-0.3, -0.25) is 0 Å². The Morgan fingerprint density at radius 3 is 2.43 bits per heavy atom. The molecule has 14 heavy (non-hydrogen) atoms. The fraction of sp³-hybridized carbons (Fsp3) is 0.583. The fourth-order valence-electron chi connectivity index (χ4n) is 1.56. The van der Waals surface area contributed by atoms with Crippen molar-refractivity contribution in [2.75, 3.05) is 0 Å². The Kier molecular flexibility index (Phi) is 4.85. The number of pyridine rings is 1. The van der Waals surface area contributed by atoms with E-state index in [1.54, 1.807) is 0 Å². The van der Waals surface area contributed by atoms with Gasteiger partial charge in [0.05, 0.1) is 11.9 Å². The van der Waals surface area contributed by atoms with Crippen molar-refractivity contribution in [1.82, 2.24) is 4.98 Å². The van der Waals surface area contributed by atoms with E-state index >= 15 is 0 Å². The summed E-state index contributed by atoms with van der Waals surface area (Å²) in [6.45, 7) is 6.52. The smallest absolute Gasteiger partial charge is 0.0925 e. The number of aromatic nitrogens is 1. The molecule has 1 heterocycles. The summed E-state index contributed by atoms with van der Waals surface area (Å²) in [7, 11) is 0. The molecule has 0 spiro atoms. The molecule has 0 amide bonds. The SMILES string of the molecule is CCCc1n[c]c(C)c(CCC)c1I. The molecule has 1 radical (unpaired) electrons. The van der Waals surface area contributed by atoms with E-state index in [1.807, 2.05) is 0 Å². The zero-order valence-corrected chi connectivity index (χ0v) is 11.3. The van der Waals surface area contributed by atoms with E-state index < -0.39 is 0 Å². The quantitative estimate of drug-likeness (QED) is 0.773. The molecule has 0 unspecified atom stereocenters. The van der Waals surface area contributed by atoms with Gasteiger partial charge in [0.15, 0.2) is 0 Å². The van der Waals surface area contributed by atoms with Gasteiger partial charge in [-0.2, -0.15) is 0 Å². The molecule has 0 aliphatic heterocycles. The van der Waals surface area contributed by atoms with E-state index in [0.29, 0.717) is 0 Å². The molecule has 2 heteroatoms. The van der Waals surface area contributed by atoms with Crippen LogP contribution < -0.4 is 0 Å². The highest BCUT2D eigenvalue weighted by atomic mass is 127. The first kappa shape index (κ1) is 12.0. The van der Waals surface area contributed by atoms with Crippen molar-refractivity contribution in [3.63, 3.8) is 0 Å². The van der Waals surface area contributed by atoms with E-state index in [4.69, 9.17) is 0 Å². The van der Waals surface area contributed by atoms with Crippen LogP contribution in [0.2, 0.25) is 0 Å². The highest BCUT2D eigenvalue weighted by Crippen LogP contribution is 2.21. The van der Waals surface area contributed by atoms with Crippen LogP contribution in [0.15, 0.2) is 0 Å². The predicted molar refractivity (Wildman–Crippen MR) is 68.5 cm³/mol. The Morgan fingerprint density at radius 2 is 1.86 bits per heavy atom. The van der Waals surface area contributed by atoms with Crippen molar-refractivity contribution < 1.29 is 0 Å². The summed E-state index contributed by atoms with van der Waals surface area (Å²) in [5.74, 6) is 0. The van der Waals surface area contributed by atoms with Crippen LogP contribution in [0.25, 0.3) is 0 Å². The Hall–Kier alpha value is -0.120. The minimum absolute atomic E-state index is 1.08. The maximum atomic E-state index is 4.38. The number of aryl methyl sites for hydroxylation is 2. The van der Waals surface area contributed by atoms with Crippen LogP contribution in [-0.2, 0) is 12.8 Å². The molecule has 0 fully saturated rings. The normalized spacial score (nSPS) is 10.6. The first-order valence-electron chi connectivity index (χ1n) is 5.26. The van der Waals surface area contributed by atoms with Crippen molar-refractivity contribution in [3.8, 4) is 0 Å². The van der Waals surface area contributed by atoms with Crippen LogP contribution in [0.5, 0.6) is 0 Å². The highest BCUT2D eigenvalue weighted by molar-refractivity contribution is 14.1. The number of nitrogens with zero attached hydrogens (tertiary/aromatic N) is 1. The lowest BCUT2D eigenvalue weighted by molar-refractivity contribution is 0.842. The van der Waals surface area contributed by atoms with Gasteiger partial charge in [-0.05, 0) is 53.5 Å². The largest absolute Gasteiger partial charge is 0.250 e. The number of rotatable bonds is 4. The van der Waals surface area contributed by atoms with Crippen molar-refractivity contribution in [3.05, 3.63) is 26.6 Å². The third kappa shape index (κ3) is 2.69. The van der Waals surface area contributed by atoms with Gasteiger partial charge in [-0.15, -0.1) is 0 Å². The molecule has 1 aromatic rings. The summed E-state index contributed by atoms with van der Waals surface area (Å²) in [6.07, 6.45) is 7.70. The maximum Gasteiger partial charge on any atom is 0.0925 e. The zero-order chi connectivity index (χ0) is 10.6. The van der Waals surface area contributed by atoms with E-state index in [9.17, 15) is 0 Å². The second kappa shape index (κ2) is 5.69. The molecule has 0 aliphatic carbocycles. The first-order chi connectivity index (χ1) is 6.70. The zero-order valence-electron chi connectivity index (χ0n) is 9.15. The molecular weight excluding hydrogens is 285 g/mol. The molecule has 77 valence electrons. The molecule has 0 saturated heterocycles. The summed E-state index contributed by atoms with van der Waals surface area (Å²) < 4.78 is 1.36. The fourth-order valence-corrected chi connectivity index (χ4v) is 2.62. The summed E-state index contributed by atoms with van der Waals surface area (Å²) in [5, 5.41) is 0. The second-order valence-electron chi connectivity index (χ2n) is 3.59. The molecule has 0 atom stereocenters. The number of halogens is 1. The van der Waals surface area contributed by atoms with Gasteiger partial charge < -0.3 is 0 Å². The summed E-state index contributed by atoms with van der Waals surface area (Å²) in [4.78, 5) is 4.38. The molecule has 0 bridgehead atoms. The van der Waals surface area contributed by atoms with Crippen molar-refractivity contribution in [2.24, 2.45) is 0 Å². The molecule has 1 aromatic heterocycles. The summed E-state index contributed by atoms with van der Waals surface area (Å²) in [5.41, 5.74) is 3.89. The second-order valence-corrected chi connectivity index (χ2v) is 4.67. The van der Waals surface area contributed by atoms with Gasteiger partial charge in [0.25, 0.3) is 0 Å². The Balaban J connectivity index is 3.05. The van der Waals surface area contributed by atoms with Crippen LogP contribution in [-0.4, -0.2) is 4.98 Å². The predicted octanol–water partition coefficient (Wildman–Crippen LogP) is 3.70. The van der Waals surface area contributed by atoms with Gasteiger partial charge in [-0.1, -0.05) is 26.7 Å². The van der Waals surface area contributed by atoms with Crippen LogP contribution in [0, 0.1) is 16.7 Å². The van der Waals surface area contributed by atoms with E-state index in [2.05, 4.69) is 54.5 Å². The van der Waals surface area contributed by atoms with E-state index in [1.165, 1.54) is 26.8 Å². The molecule has 0 N–H and O–H groups in total. The standard InChI is InChI=1S/C12H17IN/c1-4-6-10-9(3)8-14-11(7-5-2)12(10)13/h4-7H2,1-3H3. The monoisotopic (exact) mass is 302 g/mol. The Bertz CT molecular complexity index is 307. The van der Waals surface area contributed by atoms with Gasteiger partial charge >= 0.3 is 0 Å². The first-order valence-corrected chi connectivity index (χ1v) is 6.34. The molecule has 0 saturated carbocycles. The molecule has 0 aromatic carbocycles. The van der Waals surface area contributed by atoms with Crippen LogP contribution in [0.4, 0.5) is 0 Å². The van der Waals surface area contributed by atoms with Crippen LogP contribution in [0.1, 0.15) is 43.5 Å². The third-order valence-electron chi connectivity index (χ3n) is 2.32. The lowest BCUT2D eigenvalue weighted by atomic mass is 10.0. The average molecular weight is 302 g/mol. The minimum atomic E-state index is 1.08. The molecule has 1 rings (SSSR count). The average Bonchev–Trinajstić information content (AvgIpc) is 2.17. The van der Waals surface area contributed by atoms with E-state index in [0.717, 1.165) is 19.3 Å².